The fourth-order valence-electron chi connectivity index (χ4n) is 3.82. The molecule has 0 fully saturated rings. The highest BCUT2D eigenvalue weighted by molar-refractivity contribution is 8.40. The van der Waals surface area contributed by atoms with E-state index in [1.165, 1.54) is 41.9 Å². The zero-order valence-corrected chi connectivity index (χ0v) is 20.9. The molecule has 160 valence electrons. The first-order valence-electron chi connectivity index (χ1n) is 10.7. The van der Waals surface area contributed by atoms with Crippen LogP contribution < -0.4 is 0 Å². The van der Waals surface area contributed by atoms with Crippen LogP contribution >= 0.6 is 47.8 Å². The zero-order chi connectivity index (χ0) is 22.1. The van der Waals surface area contributed by atoms with Gasteiger partial charge in [0.1, 0.15) is 0 Å². The summed E-state index contributed by atoms with van der Waals surface area (Å²) in [6.45, 7) is 0. The summed E-state index contributed by atoms with van der Waals surface area (Å²) < 4.78 is 0.739. The lowest BCUT2D eigenvalue weighted by Crippen LogP contribution is -2.08. The summed E-state index contributed by atoms with van der Waals surface area (Å²) in [5.74, 6) is 0. The fraction of sp³-hybridized carbons (Fsp3) is 0. The molecule has 1 nitrogen and oxygen atoms in total. The molecule has 0 unspecified atom stereocenters. The molecule has 2 aliphatic heterocycles. The monoisotopic (exact) mass is 498 g/mol. The molecule has 4 aromatic rings. The second-order valence-corrected chi connectivity index (χ2v) is 13.5. The summed E-state index contributed by atoms with van der Waals surface area (Å²) in [5, 5.41) is 0. The van der Waals surface area contributed by atoms with Gasteiger partial charge in [0.05, 0.1) is 19.6 Å². The van der Waals surface area contributed by atoms with Gasteiger partial charge in [-0.3, -0.25) is 0 Å². The standard InChI is InChI=1S/C28H20NS4/c1-5-13-21(14-6-1)25-26(22-15-7-2-8-16-22)31-29(30-25)32-27(23-17-9-3-10-18-23)28(33-29)24-19-11-4-12-20-24/h1-20H/q+1. The Balaban J connectivity index is 1.44. The predicted octanol–water partition coefficient (Wildman–Crippen LogP) is 9.48. The first kappa shape index (κ1) is 21.3. The van der Waals surface area contributed by atoms with Crippen molar-refractivity contribution in [2.24, 2.45) is 0 Å². The van der Waals surface area contributed by atoms with Crippen molar-refractivity contribution in [1.29, 1.82) is 0 Å². The molecule has 1 spiro atoms. The average Bonchev–Trinajstić information content (AvgIpc) is 3.47. The molecule has 0 aliphatic carbocycles. The molecule has 6 rings (SSSR count). The first-order valence-corrected chi connectivity index (χ1v) is 13.8. The molecule has 0 bridgehead atoms. The van der Waals surface area contributed by atoms with Gasteiger partial charge < -0.3 is 0 Å². The highest BCUT2D eigenvalue weighted by atomic mass is 32.3. The fourth-order valence-corrected chi connectivity index (χ4v) is 10.5. The second-order valence-electron chi connectivity index (χ2n) is 7.59. The summed E-state index contributed by atoms with van der Waals surface area (Å²) in [6.07, 6.45) is 0. The maximum absolute atomic E-state index is 2.22. The zero-order valence-electron chi connectivity index (χ0n) is 17.6. The number of hydrogen-bond donors (Lipinski definition) is 0. The van der Waals surface area contributed by atoms with E-state index in [4.69, 9.17) is 0 Å². The number of quaternary nitrogens is 1. The van der Waals surface area contributed by atoms with Crippen LogP contribution in [0.4, 0.5) is 0 Å². The molecular weight excluding hydrogens is 479 g/mol. The van der Waals surface area contributed by atoms with E-state index in [-0.39, 0.29) is 0 Å². The topological polar surface area (TPSA) is 0 Å². The van der Waals surface area contributed by atoms with E-state index in [1.807, 2.05) is 47.8 Å². The second kappa shape index (κ2) is 9.16. The van der Waals surface area contributed by atoms with Crippen LogP contribution in [0.2, 0.25) is 0 Å². The van der Waals surface area contributed by atoms with Crippen LogP contribution in [0.5, 0.6) is 0 Å². The SMILES string of the molecule is c1ccc(C2=C(c3ccccc3)S[N+]3(S2)SC(c2ccccc2)=C(c2ccccc2)S3)cc1. The van der Waals surface area contributed by atoms with Gasteiger partial charge in [0, 0.05) is 0 Å². The number of benzene rings is 4. The largest absolute Gasteiger partial charge is 0.154 e. The molecule has 2 heterocycles. The summed E-state index contributed by atoms with van der Waals surface area (Å²) in [7, 11) is 0. The summed E-state index contributed by atoms with van der Waals surface area (Å²) in [4.78, 5) is 5.36. The Kier molecular flexibility index (Phi) is 5.91. The molecule has 0 N–H and O–H groups in total. The average molecular weight is 499 g/mol. The number of hydrogen-bond acceptors (Lipinski definition) is 4. The van der Waals surface area contributed by atoms with Crippen LogP contribution in [0.1, 0.15) is 22.3 Å². The maximum Gasteiger partial charge on any atom is 0.154 e. The van der Waals surface area contributed by atoms with Gasteiger partial charge in [-0.05, 0) is 22.3 Å². The summed E-state index contributed by atoms with van der Waals surface area (Å²) >= 11 is 7.75. The summed E-state index contributed by atoms with van der Waals surface area (Å²) in [5.41, 5.74) is 5.11. The third-order valence-electron chi connectivity index (χ3n) is 5.37. The first-order chi connectivity index (χ1) is 16.3. The minimum Gasteiger partial charge on any atom is -0.0622 e. The molecule has 0 saturated heterocycles. The van der Waals surface area contributed by atoms with E-state index < -0.39 is 0 Å². The molecule has 0 aromatic heterocycles. The highest BCUT2D eigenvalue weighted by Crippen LogP contribution is 2.75. The van der Waals surface area contributed by atoms with Gasteiger partial charge >= 0.3 is 0 Å². The smallest absolute Gasteiger partial charge is 0.0622 e. The predicted molar refractivity (Wildman–Crippen MR) is 150 cm³/mol. The van der Waals surface area contributed by atoms with Gasteiger partial charge in [0.15, 0.2) is 47.8 Å². The molecule has 0 saturated carbocycles. The Morgan fingerprint density at radius 1 is 0.303 bits per heavy atom. The van der Waals surface area contributed by atoms with Crippen molar-refractivity contribution >= 4 is 67.4 Å². The third-order valence-corrected chi connectivity index (χ3v) is 11.7. The van der Waals surface area contributed by atoms with Gasteiger partial charge in [0.2, 0.25) is 0 Å². The van der Waals surface area contributed by atoms with E-state index in [9.17, 15) is 0 Å². The molecule has 2 aliphatic rings. The lowest BCUT2D eigenvalue weighted by molar-refractivity contribution is -0.262. The quantitative estimate of drug-likeness (QED) is 0.203. The van der Waals surface area contributed by atoms with Crippen LogP contribution in [0, 0.1) is 0 Å². The van der Waals surface area contributed by atoms with E-state index in [0.29, 0.717) is 0 Å². The van der Waals surface area contributed by atoms with E-state index in [0.717, 1.165) is 2.10 Å². The van der Waals surface area contributed by atoms with Crippen molar-refractivity contribution in [2.45, 2.75) is 0 Å². The normalized spacial score (nSPS) is 17.2. The summed E-state index contributed by atoms with van der Waals surface area (Å²) in [6, 6.07) is 43.2. The van der Waals surface area contributed by atoms with Crippen molar-refractivity contribution < 1.29 is 2.10 Å². The molecular formula is C28H20NS4+. The van der Waals surface area contributed by atoms with Crippen molar-refractivity contribution in [3.05, 3.63) is 144 Å². The Hall–Kier alpha value is -2.28. The van der Waals surface area contributed by atoms with Crippen LogP contribution in [-0.2, 0) is 0 Å². The number of rotatable bonds is 4. The van der Waals surface area contributed by atoms with E-state index in [1.54, 1.807) is 0 Å². The lowest BCUT2D eigenvalue weighted by Gasteiger charge is -2.18. The Labute approximate surface area is 212 Å². The Bertz CT molecular complexity index is 1120. The van der Waals surface area contributed by atoms with E-state index >= 15 is 0 Å². The van der Waals surface area contributed by atoms with E-state index in [2.05, 4.69) is 121 Å². The molecule has 0 radical (unpaired) electrons. The maximum atomic E-state index is 2.22. The molecule has 5 heteroatoms. The van der Waals surface area contributed by atoms with Crippen LogP contribution in [-0.4, -0.2) is 2.10 Å². The van der Waals surface area contributed by atoms with Crippen LogP contribution in [0.25, 0.3) is 19.6 Å². The minimum absolute atomic E-state index is 0.739. The van der Waals surface area contributed by atoms with Crippen LogP contribution in [0.15, 0.2) is 121 Å². The van der Waals surface area contributed by atoms with Crippen LogP contribution in [0.3, 0.4) is 0 Å². The molecule has 0 amide bonds. The third kappa shape index (κ3) is 4.20. The van der Waals surface area contributed by atoms with Crippen molar-refractivity contribution in [3.8, 4) is 0 Å². The van der Waals surface area contributed by atoms with Crippen molar-refractivity contribution in [3.63, 3.8) is 0 Å². The molecule has 33 heavy (non-hydrogen) atoms. The molecule has 0 atom stereocenters. The number of nitrogens with zero attached hydrogens (tertiary/aromatic N) is 1. The van der Waals surface area contributed by atoms with Gasteiger partial charge in [-0.25, -0.2) is 0 Å². The Morgan fingerprint density at radius 3 is 0.727 bits per heavy atom. The van der Waals surface area contributed by atoms with Gasteiger partial charge in [-0.1, -0.05) is 123 Å². The minimum atomic E-state index is 0.739. The van der Waals surface area contributed by atoms with Gasteiger partial charge in [-0.15, -0.1) is 0 Å². The Morgan fingerprint density at radius 2 is 0.515 bits per heavy atom. The van der Waals surface area contributed by atoms with Crippen molar-refractivity contribution in [1.82, 2.24) is 0 Å². The van der Waals surface area contributed by atoms with Crippen molar-refractivity contribution in [2.75, 3.05) is 0 Å². The van der Waals surface area contributed by atoms with Gasteiger partial charge in [-0.2, -0.15) is 0 Å². The molecule has 4 aromatic carbocycles. The lowest BCUT2D eigenvalue weighted by atomic mass is 10.1. The van der Waals surface area contributed by atoms with Gasteiger partial charge in [0.25, 0.3) is 0 Å². The highest BCUT2D eigenvalue weighted by Gasteiger charge is 2.54.